The number of hydrogen-bond donors (Lipinski definition) is 1. The molecule has 0 bridgehead atoms. The number of aromatic nitrogens is 2. The monoisotopic (exact) mass is 355 g/mol. The minimum atomic E-state index is -0.307. The Bertz CT molecular complexity index is 1050. The smallest absolute Gasteiger partial charge is 0.274 e. The average molecular weight is 355 g/mol. The van der Waals surface area contributed by atoms with E-state index in [0.29, 0.717) is 22.8 Å². The third-order valence-electron chi connectivity index (χ3n) is 4.49. The molecule has 1 aromatic heterocycles. The van der Waals surface area contributed by atoms with Crippen LogP contribution in [0.1, 0.15) is 27.4 Å². The van der Waals surface area contributed by atoms with E-state index in [-0.39, 0.29) is 5.91 Å². The molecule has 27 heavy (non-hydrogen) atoms. The van der Waals surface area contributed by atoms with E-state index in [4.69, 9.17) is 5.26 Å². The summed E-state index contributed by atoms with van der Waals surface area (Å²) in [5.41, 5.74) is 3.86. The van der Waals surface area contributed by atoms with E-state index in [1.807, 2.05) is 12.1 Å². The van der Waals surface area contributed by atoms with Gasteiger partial charge in [-0.2, -0.15) is 5.26 Å². The first-order valence-corrected chi connectivity index (χ1v) is 8.67. The van der Waals surface area contributed by atoms with Crippen molar-refractivity contribution >= 4 is 23.1 Å². The molecule has 0 atom stereocenters. The van der Waals surface area contributed by atoms with Crippen molar-refractivity contribution in [2.24, 2.45) is 0 Å². The number of anilines is 3. The van der Waals surface area contributed by atoms with Gasteiger partial charge in [0.2, 0.25) is 0 Å². The van der Waals surface area contributed by atoms with Gasteiger partial charge in [0.1, 0.15) is 17.3 Å². The fraction of sp³-hybridized carbons (Fsp3) is 0.143. The summed E-state index contributed by atoms with van der Waals surface area (Å²) in [5, 5.41) is 11.7. The number of rotatable bonds is 3. The van der Waals surface area contributed by atoms with Crippen LogP contribution in [0.25, 0.3) is 0 Å². The van der Waals surface area contributed by atoms with Crippen LogP contribution in [0.2, 0.25) is 0 Å². The minimum Gasteiger partial charge on any atom is -0.326 e. The SMILES string of the molecule is Cc1nc(C(=O)Nc2ccc(C#N)cc2)cc(N2CCc3ccccc32)n1. The average Bonchev–Trinajstić information content (AvgIpc) is 3.12. The van der Waals surface area contributed by atoms with Gasteiger partial charge in [-0.25, -0.2) is 9.97 Å². The van der Waals surface area contributed by atoms with Crippen molar-refractivity contribution in [1.29, 1.82) is 5.26 Å². The van der Waals surface area contributed by atoms with E-state index in [1.165, 1.54) is 5.56 Å². The lowest BCUT2D eigenvalue weighted by atomic mass is 10.2. The zero-order valence-electron chi connectivity index (χ0n) is 14.8. The zero-order valence-corrected chi connectivity index (χ0v) is 14.8. The molecule has 4 rings (SSSR count). The molecule has 0 aliphatic carbocycles. The van der Waals surface area contributed by atoms with E-state index in [0.717, 1.165) is 24.5 Å². The lowest BCUT2D eigenvalue weighted by Gasteiger charge is -2.19. The zero-order chi connectivity index (χ0) is 18.8. The fourth-order valence-corrected chi connectivity index (χ4v) is 3.21. The third-order valence-corrected chi connectivity index (χ3v) is 4.49. The number of carbonyl (C=O) groups excluding carboxylic acids is 1. The molecule has 1 aliphatic heterocycles. The Hall–Kier alpha value is -3.72. The van der Waals surface area contributed by atoms with Crippen LogP contribution in [0.4, 0.5) is 17.2 Å². The number of para-hydroxylation sites is 1. The molecule has 3 aromatic rings. The Kier molecular flexibility index (Phi) is 4.27. The van der Waals surface area contributed by atoms with Gasteiger partial charge in [0.05, 0.1) is 11.6 Å². The number of nitriles is 1. The predicted octanol–water partition coefficient (Wildman–Crippen LogP) is 3.60. The molecule has 0 fully saturated rings. The van der Waals surface area contributed by atoms with Gasteiger partial charge in [-0.3, -0.25) is 4.79 Å². The number of nitrogens with zero attached hydrogens (tertiary/aromatic N) is 4. The van der Waals surface area contributed by atoms with Crippen LogP contribution in [0.3, 0.4) is 0 Å². The molecule has 0 unspecified atom stereocenters. The van der Waals surface area contributed by atoms with Gasteiger partial charge in [0.25, 0.3) is 5.91 Å². The van der Waals surface area contributed by atoms with Crippen LogP contribution in [0.15, 0.2) is 54.6 Å². The predicted molar refractivity (Wildman–Crippen MR) is 103 cm³/mol. The van der Waals surface area contributed by atoms with E-state index in [1.54, 1.807) is 37.3 Å². The van der Waals surface area contributed by atoms with Crippen molar-refractivity contribution in [2.75, 3.05) is 16.8 Å². The van der Waals surface area contributed by atoms with Gasteiger partial charge in [-0.15, -0.1) is 0 Å². The first kappa shape index (κ1) is 16.7. The second-order valence-corrected chi connectivity index (χ2v) is 6.33. The summed E-state index contributed by atoms with van der Waals surface area (Å²) in [6.07, 6.45) is 0.950. The van der Waals surface area contributed by atoms with E-state index in [2.05, 4.69) is 38.4 Å². The maximum absolute atomic E-state index is 12.6. The van der Waals surface area contributed by atoms with Crippen LogP contribution >= 0.6 is 0 Å². The first-order chi connectivity index (χ1) is 13.1. The molecule has 6 nitrogen and oxygen atoms in total. The first-order valence-electron chi connectivity index (χ1n) is 8.67. The van der Waals surface area contributed by atoms with Gasteiger partial charge in [0, 0.05) is 24.0 Å². The Labute approximate surface area is 157 Å². The van der Waals surface area contributed by atoms with Crippen LogP contribution in [0.5, 0.6) is 0 Å². The molecule has 1 amide bonds. The third kappa shape index (κ3) is 3.35. The van der Waals surface area contributed by atoms with Crippen molar-refractivity contribution < 1.29 is 4.79 Å². The standard InChI is InChI=1S/C21H17N5O/c1-14-23-18(21(27)25-17-8-6-15(13-22)7-9-17)12-20(24-14)26-11-10-16-4-2-3-5-19(16)26/h2-9,12H,10-11H2,1H3,(H,25,27). The maximum atomic E-state index is 12.6. The molecule has 1 aliphatic rings. The molecular formula is C21H17N5O. The molecular weight excluding hydrogens is 338 g/mol. The van der Waals surface area contributed by atoms with E-state index < -0.39 is 0 Å². The molecule has 6 heteroatoms. The number of aryl methyl sites for hydroxylation is 1. The van der Waals surface area contributed by atoms with Crippen molar-refractivity contribution in [3.63, 3.8) is 0 Å². The Balaban J connectivity index is 1.61. The van der Waals surface area contributed by atoms with E-state index >= 15 is 0 Å². The van der Waals surface area contributed by atoms with Gasteiger partial charge >= 0.3 is 0 Å². The molecule has 0 saturated carbocycles. The molecule has 0 saturated heterocycles. The summed E-state index contributed by atoms with van der Waals surface area (Å²) in [5.74, 6) is 0.957. The number of carbonyl (C=O) groups is 1. The molecule has 2 aromatic carbocycles. The van der Waals surface area contributed by atoms with Gasteiger partial charge < -0.3 is 10.2 Å². The topological polar surface area (TPSA) is 81.9 Å². The van der Waals surface area contributed by atoms with Crippen LogP contribution in [-0.4, -0.2) is 22.4 Å². The van der Waals surface area contributed by atoms with E-state index in [9.17, 15) is 4.79 Å². The van der Waals surface area contributed by atoms with Gasteiger partial charge in [-0.1, -0.05) is 18.2 Å². The van der Waals surface area contributed by atoms with Crippen molar-refractivity contribution in [3.05, 3.63) is 77.2 Å². The summed E-state index contributed by atoms with van der Waals surface area (Å²) in [4.78, 5) is 23.6. The molecule has 132 valence electrons. The van der Waals surface area contributed by atoms with Crippen molar-refractivity contribution in [2.45, 2.75) is 13.3 Å². The summed E-state index contributed by atoms with van der Waals surface area (Å²) < 4.78 is 0. The fourth-order valence-electron chi connectivity index (χ4n) is 3.21. The quantitative estimate of drug-likeness (QED) is 0.776. The van der Waals surface area contributed by atoms with Crippen molar-refractivity contribution in [1.82, 2.24) is 9.97 Å². The van der Waals surface area contributed by atoms with Crippen LogP contribution in [0, 0.1) is 18.3 Å². The number of nitrogens with one attached hydrogen (secondary N) is 1. The van der Waals surface area contributed by atoms with Gasteiger partial charge in [-0.05, 0) is 49.2 Å². The second-order valence-electron chi connectivity index (χ2n) is 6.33. The number of fused-ring (bicyclic) bond motifs is 1. The summed E-state index contributed by atoms with van der Waals surface area (Å²) >= 11 is 0. The normalized spacial score (nSPS) is 12.4. The lowest BCUT2D eigenvalue weighted by molar-refractivity contribution is 0.102. The Morgan fingerprint density at radius 2 is 1.93 bits per heavy atom. The Morgan fingerprint density at radius 3 is 2.70 bits per heavy atom. The van der Waals surface area contributed by atoms with Crippen LogP contribution in [-0.2, 0) is 6.42 Å². The highest BCUT2D eigenvalue weighted by atomic mass is 16.1. The van der Waals surface area contributed by atoms with Crippen molar-refractivity contribution in [3.8, 4) is 6.07 Å². The second kappa shape index (κ2) is 6.89. The number of amides is 1. The maximum Gasteiger partial charge on any atom is 0.274 e. The van der Waals surface area contributed by atoms with Crippen LogP contribution < -0.4 is 10.2 Å². The summed E-state index contributed by atoms with van der Waals surface area (Å²) in [6.45, 7) is 2.61. The Morgan fingerprint density at radius 1 is 1.15 bits per heavy atom. The lowest BCUT2D eigenvalue weighted by Crippen LogP contribution is -2.19. The summed E-state index contributed by atoms with van der Waals surface area (Å²) in [7, 11) is 0. The highest BCUT2D eigenvalue weighted by Gasteiger charge is 2.22. The van der Waals surface area contributed by atoms with Gasteiger partial charge in [0.15, 0.2) is 0 Å². The number of hydrogen-bond acceptors (Lipinski definition) is 5. The molecule has 1 N–H and O–H groups in total. The number of benzene rings is 2. The molecule has 0 radical (unpaired) electrons. The highest BCUT2D eigenvalue weighted by molar-refractivity contribution is 6.03. The highest BCUT2D eigenvalue weighted by Crippen LogP contribution is 2.33. The molecule has 0 spiro atoms. The largest absolute Gasteiger partial charge is 0.326 e. The molecule has 2 heterocycles. The summed E-state index contributed by atoms with van der Waals surface area (Å²) in [6, 6.07) is 18.7. The minimum absolute atomic E-state index is 0.307.